The van der Waals surface area contributed by atoms with E-state index in [1.165, 1.54) is 0 Å². The molecule has 1 aromatic carbocycles. The molecule has 1 rings (SSSR count). The lowest BCUT2D eigenvalue weighted by atomic mass is 10.0. The molecule has 0 radical (unpaired) electrons. The Hall–Kier alpha value is -1.88. The fourth-order valence-corrected chi connectivity index (χ4v) is 1.78. The van der Waals surface area contributed by atoms with Gasteiger partial charge < -0.3 is 16.4 Å². The second-order valence-electron chi connectivity index (χ2n) is 4.99. The van der Waals surface area contributed by atoms with Gasteiger partial charge in [0.05, 0.1) is 6.54 Å². The van der Waals surface area contributed by atoms with Gasteiger partial charge in [-0.15, -0.1) is 0 Å². The van der Waals surface area contributed by atoms with Gasteiger partial charge in [0.2, 0.25) is 11.8 Å². The summed E-state index contributed by atoms with van der Waals surface area (Å²) >= 11 is 0. The molecule has 0 aliphatic heterocycles. The van der Waals surface area contributed by atoms with Gasteiger partial charge in [-0.3, -0.25) is 9.59 Å². The molecule has 0 fully saturated rings. The molecule has 0 saturated carbocycles. The lowest BCUT2D eigenvalue weighted by molar-refractivity contribution is -0.118. The largest absolute Gasteiger partial charge is 0.369 e. The number of hydrogen-bond acceptors (Lipinski definition) is 3. The Kier molecular flexibility index (Phi) is 6.73. The SMILES string of the molecule is CCC(C)CC(=O)Nc1ccccc1CNCC(N)=O. The zero-order valence-corrected chi connectivity index (χ0v) is 12.1. The van der Waals surface area contributed by atoms with Crippen LogP contribution in [0.3, 0.4) is 0 Å². The van der Waals surface area contributed by atoms with Gasteiger partial charge in [-0.1, -0.05) is 38.5 Å². The van der Waals surface area contributed by atoms with Crippen molar-refractivity contribution >= 4 is 17.5 Å². The van der Waals surface area contributed by atoms with Crippen molar-refractivity contribution < 1.29 is 9.59 Å². The van der Waals surface area contributed by atoms with Crippen LogP contribution in [0.2, 0.25) is 0 Å². The number of para-hydroxylation sites is 1. The molecule has 1 aromatic rings. The second-order valence-corrected chi connectivity index (χ2v) is 4.99. The van der Waals surface area contributed by atoms with Crippen molar-refractivity contribution in [2.24, 2.45) is 11.7 Å². The zero-order valence-electron chi connectivity index (χ0n) is 12.1. The molecule has 0 aliphatic rings. The highest BCUT2D eigenvalue weighted by atomic mass is 16.2. The van der Waals surface area contributed by atoms with Crippen molar-refractivity contribution in [1.82, 2.24) is 5.32 Å². The Morgan fingerprint density at radius 2 is 2.00 bits per heavy atom. The highest BCUT2D eigenvalue weighted by Crippen LogP contribution is 2.16. The third-order valence-corrected chi connectivity index (χ3v) is 3.14. The van der Waals surface area contributed by atoms with E-state index in [2.05, 4.69) is 24.5 Å². The van der Waals surface area contributed by atoms with E-state index in [0.717, 1.165) is 17.7 Å². The Morgan fingerprint density at radius 3 is 2.65 bits per heavy atom. The van der Waals surface area contributed by atoms with Gasteiger partial charge in [0.1, 0.15) is 0 Å². The van der Waals surface area contributed by atoms with Crippen LogP contribution in [-0.2, 0) is 16.1 Å². The molecule has 4 N–H and O–H groups in total. The molecule has 2 amide bonds. The predicted octanol–water partition coefficient (Wildman–Crippen LogP) is 1.64. The monoisotopic (exact) mass is 277 g/mol. The van der Waals surface area contributed by atoms with E-state index in [-0.39, 0.29) is 12.5 Å². The summed E-state index contributed by atoms with van der Waals surface area (Å²) in [5, 5.41) is 5.86. The van der Waals surface area contributed by atoms with E-state index in [9.17, 15) is 9.59 Å². The number of hydrogen-bond donors (Lipinski definition) is 3. The predicted molar refractivity (Wildman–Crippen MR) is 80.0 cm³/mol. The van der Waals surface area contributed by atoms with Crippen molar-refractivity contribution in [3.8, 4) is 0 Å². The first-order valence-corrected chi connectivity index (χ1v) is 6.89. The van der Waals surface area contributed by atoms with E-state index < -0.39 is 5.91 Å². The minimum atomic E-state index is -0.400. The van der Waals surface area contributed by atoms with Crippen LogP contribution in [0.25, 0.3) is 0 Å². The third-order valence-electron chi connectivity index (χ3n) is 3.14. The molecule has 20 heavy (non-hydrogen) atoms. The number of benzene rings is 1. The molecule has 5 nitrogen and oxygen atoms in total. The number of anilines is 1. The molecular formula is C15H23N3O2. The zero-order chi connectivity index (χ0) is 15.0. The molecule has 0 heterocycles. The van der Waals surface area contributed by atoms with Gasteiger partial charge in [-0.2, -0.15) is 0 Å². The molecule has 5 heteroatoms. The topological polar surface area (TPSA) is 84.2 Å². The first-order valence-electron chi connectivity index (χ1n) is 6.89. The van der Waals surface area contributed by atoms with Crippen LogP contribution < -0.4 is 16.4 Å². The molecule has 0 saturated heterocycles. The highest BCUT2D eigenvalue weighted by molar-refractivity contribution is 5.91. The fraction of sp³-hybridized carbons (Fsp3) is 0.467. The lowest BCUT2D eigenvalue weighted by Crippen LogP contribution is -2.28. The molecule has 110 valence electrons. The summed E-state index contributed by atoms with van der Waals surface area (Å²) in [4.78, 5) is 22.6. The highest BCUT2D eigenvalue weighted by Gasteiger charge is 2.09. The van der Waals surface area contributed by atoms with Gasteiger partial charge in [0.25, 0.3) is 0 Å². The van der Waals surface area contributed by atoms with E-state index in [0.29, 0.717) is 18.9 Å². The molecule has 0 spiro atoms. The maximum absolute atomic E-state index is 11.9. The summed E-state index contributed by atoms with van der Waals surface area (Å²) in [6, 6.07) is 7.53. The molecule has 0 aromatic heterocycles. The summed E-state index contributed by atoms with van der Waals surface area (Å²) in [6.07, 6.45) is 1.49. The van der Waals surface area contributed by atoms with Gasteiger partial charge >= 0.3 is 0 Å². The Bertz CT molecular complexity index is 460. The second kappa shape index (κ2) is 8.32. The van der Waals surface area contributed by atoms with Gasteiger partial charge in [-0.05, 0) is 17.5 Å². The first kappa shape index (κ1) is 16.2. The normalized spacial score (nSPS) is 11.9. The van der Waals surface area contributed by atoms with Crippen LogP contribution >= 0.6 is 0 Å². The minimum Gasteiger partial charge on any atom is -0.369 e. The maximum atomic E-state index is 11.9. The van der Waals surface area contributed by atoms with Crippen molar-refractivity contribution in [1.29, 1.82) is 0 Å². The van der Waals surface area contributed by atoms with Gasteiger partial charge in [0.15, 0.2) is 0 Å². The number of nitrogens with one attached hydrogen (secondary N) is 2. The number of carbonyl (C=O) groups is 2. The summed E-state index contributed by atoms with van der Waals surface area (Å²) in [5.41, 5.74) is 6.79. The van der Waals surface area contributed by atoms with Crippen LogP contribution in [0, 0.1) is 5.92 Å². The first-order chi connectivity index (χ1) is 9.52. The Morgan fingerprint density at radius 1 is 1.30 bits per heavy atom. The number of primary amides is 1. The maximum Gasteiger partial charge on any atom is 0.231 e. The summed E-state index contributed by atoms with van der Waals surface area (Å²) in [7, 11) is 0. The van der Waals surface area contributed by atoms with Crippen LogP contribution in [0.4, 0.5) is 5.69 Å². The van der Waals surface area contributed by atoms with Crippen molar-refractivity contribution in [2.75, 3.05) is 11.9 Å². The third kappa shape index (κ3) is 5.84. The standard InChI is InChI=1S/C15H23N3O2/c1-3-11(2)8-15(20)18-13-7-5-4-6-12(13)9-17-10-14(16)19/h4-7,11,17H,3,8-10H2,1-2H3,(H2,16,19)(H,18,20). The molecule has 0 bridgehead atoms. The van der Waals surface area contributed by atoms with Gasteiger partial charge in [-0.25, -0.2) is 0 Å². The molecule has 1 unspecified atom stereocenters. The smallest absolute Gasteiger partial charge is 0.231 e. The molecule has 0 aliphatic carbocycles. The molecular weight excluding hydrogens is 254 g/mol. The number of amides is 2. The van der Waals surface area contributed by atoms with Crippen molar-refractivity contribution in [3.63, 3.8) is 0 Å². The minimum absolute atomic E-state index is 0.0155. The van der Waals surface area contributed by atoms with E-state index in [4.69, 9.17) is 5.73 Å². The average Bonchev–Trinajstić information content (AvgIpc) is 2.40. The van der Waals surface area contributed by atoms with Crippen LogP contribution in [-0.4, -0.2) is 18.4 Å². The quantitative estimate of drug-likeness (QED) is 0.675. The summed E-state index contributed by atoms with van der Waals surface area (Å²) < 4.78 is 0. The fourth-order valence-electron chi connectivity index (χ4n) is 1.78. The Balaban J connectivity index is 2.60. The lowest BCUT2D eigenvalue weighted by Gasteiger charge is -2.13. The van der Waals surface area contributed by atoms with E-state index >= 15 is 0 Å². The number of rotatable bonds is 8. The summed E-state index contributed by atoms with van der Waals surface area (Å²) in [5.74, 6) is -0.0138. The van der Waals surface area contributed by atoms with Crippen LogP contribution in [0.1, 0.15) is 32.3 Å². The van der Waals surface area contributed by atoms with E-state index in [1.54, 1.807) is 0 Å². The van der Waals surface area contributed by atoms with Crippen LogP contribution in [0.15, 0.2) is 24.3 Å². The Labute approximate surface area is 119 Å². The van der Waals surface area contributed by atoms with Gasteiger partial charge in [0, 0.05) is 18.7 Å². The summed E-state index contributed by atoms with van der Waals surface area (Å²) in [6.45, 7) is 4.73. The number of carbonyl (C=O) groups excluding carboxylic acids is 2. The average molecular weight is 277 g/mol. The molecule has 1 atom stereocenters. The van der Waals surface area contributed by atoms with Crippen molar-refractivity contribution in [2.45, 2.75) is 33.2 Å². The number of nitrogens with two attached hydrogens (primary N) is 1. The van der Waals surface area contributed by atoms with Crippen LogP contribution in [0.5, 0.6) is 0 Å². The van der Waals surface area contributed by atoms with E-state index in [1.807, 2.05) is 24.3 Å². The van der Waals surface area contributed by atoms with Crippen molar-refractivity contribution in [3.05, 3.63) is 29.8 Å².